The van der Waals surface area contributed by atoms with Crippen LogP contribution in [0.1, 0.15) is 24.1 Å². The number of rotatable bonds is 7. The molecule has 0 aliphatic carbocycles. The number of hydrogen-bond acceptors (Lipinski definition) is 3. The fourth-order valence-corrected chi connectivity index (χ4v) is 2.37. The predicted octanol–water partition coefficient (Wildman–Crippen LogP) is 3.28. The number of benzene rings is 1. The minimum absolute atomic E-state index is 0.225. The molecule has 1 aromatic carbocycles. The molecule has 0 radical (unpaired) electrons. The lowest BCUT2D eigenvalue weighted by atomic mass is 10.1. The fourth-order valence-electron chi connectivity index (χ4n) is 2.37. The molecule has 0 bridgehead atoms. The van der Waals surface area contributed by atoms with Gasteiger partial charge in [-0.05, 0) is 24.6 Å². The van der Waals surface area contributed by atoms with Gasteiger partial charge >= 0.3 is 6.03 Å². The molecular formula is C18H21F2N3O2. The van der Waals surface area contributed by atoms with Crippen molar-refractivity contribution in [1.29, 1.82) is 0 Å². The molecule has 25 heavy (non-hydrogen) atoms. The average Bonchev–Trinajstić information content (AvgIpc) is 2.59. The van der Waals surface area contributed by atoms with Crippen LogP contribution < -0.4 is 5.32 Å². The quantitative estimate of drug-likeness (QED) is 0.835. The molecule has 0 fully saturated rings. The van der Waals surface area contributed by atoms with Crippen molar-refractivity contribution in [3.8, 4) is 0 Å². The summed E-state index contributed by atoms with van der Waals surface area (Å²) in [5, 5.41) is 2.73. The Hall–Kier alpha value is -2.54. The van der Waals surface area contributed by atoms with E-state index in [9.17, 15) is 13.6 Å². The van der Waals surface area contributed by atoms with Gasteiger partial charge < -0.3 is 15.0 Å². The highest BCUT2D eigenvalue weighted by Gasteiger charge is 2.19. The summed E-state index contributed by atoms with van der Waals surface area (Å²) in [6.45, 7) is 2.73. The van der Waals surface area contributed by atoms with Gasteiger partial charge in [0, 0.05) is 44.2 Å². The van der Waals surface area contributed by atoms with Gasteiger partial charge in [-0.1, -0.05) is 12.1 Å². The molecule has 1 unspecified atom stereocenters. The van der Waals surface area contributed by atoms with Crippen molar-refractivity contribution in [3.05, 3.63) is 65.5 Å². The standard InChI is InChI=1S/C18H21F2N3O2/c1-13(16-6-5-15(19)10-17(16)20)22-18(24)23(8-9-25-2)12-14-4-3-7-21-11-14/h3-7,10-11,13H,8-9,12H2,1-2H3,(H,22,24). The lowest BCUT2D eigenvalue weighted by Crippen LogP contribution is -2.42. The molecule has 1 atom stereocenters. The Balaban J connectivity index is 2.07. The van der Waals surface area contributed by atoms with Gasteiger partial charge in [0.2, 0.25) is 0 Å². The number of urea groups is 1. The van der Waals surface area contributed by atoms with Crippen LogP contribution in [0.2, 0.25) is 0 Å². The lowest BCUT2D eigenvalue weighted by Gasteiger charge is -2.25. The van der Waals surface area contributed by atoms with Gasteiger partial charge in [-0.2, -0.15) is 0 Å². The number of nitrogens with zero attached hydrogens (tertiary/aromatic N) is 2. The number of methoxy groups -OCH3 is 1. The number of ether oxygens (including phenoxy) is 1. The summed E-state index contributed by atoms with van der Waals surface area (Å²) in [4.78, 5) is 18.1. The smallest absolute Gasteiger partial charge is 0.318 e. The first-order valence-electron chi connectivity index (χ1n) is 7.89. The topological polar surface area (TPSA) is 54.5 Å². The number of aromatic nitrogens is 1. The summed E-state index contributed by atoms with van der Waals surface area (Å²) in [5.74, 6) is -1.35. The van der Waals surface area contributed by atoms with Gasteiger partial charge in [0.15, 0.2) is 0 Å². The summed E-state index contributed by atoms with van der Waals surface area (Å²) in [7, 11) is 1.55. The first kappa shape index (κ1) is 18.8. The maximum Gasteiger partial charge on any atom is 0.318 e. The predicted molar refractivity (Wildman–Crippen MR) is 89.8 cm³/mol. The van der Waals surface area contributed by atoms with Crippen LogP contribution in [0, 0.1) is 11.6 Å². The zero-order chi connectivity index (χ0) is 18.2. The van der Waals surface area contributed by atoms with Crippen LogP contribution >= 0.6 is 0 Å². The Morgan fingerprint density at radius 3 is 2.80 bits per heavy atom. The lowest BCUT2D eigenvalue weighted by molar-refractivity contribution is 0.145. The summed E-state index contributed by atoms with van der Waals surface area (Å²) >= 11 is 0. The van der Waals surface area contributed by atoms with Gasteiger partial charge in [0.1, 0.15) is 11.6 Å². The Kier molecular flexibility index (Phi) is 6.82. The van der Waals surface area contributed by atoms with Crippen molar-refractivity contribution in [1.82, 2.24) is 15.2 Å². The molecule has 1 heterocycles. The second-order valence-corrected chi connectivity index (χ2v) is 5.61. The number of carbonyl (C=O) groups excluding carboxylic acids is 1. The van der Waals surface area contributed by atoms with Crippen molar-refractivity contribution in [2.45, 2.75) is 19.5 Å². The first-order chi connectivity index (χ1) is 12.0. The van der Waals surface area contributed by atoms with E-state index in [1.807, 2.05) is 6.07 Å². The van der Waals surface area contributed by atoms with Gasteiger partial charge in [0.25, 0.3) is 0 Å². The summed E-state index contributed by atoms with van der Waals surface area (Å²) in [6, 6.07) is 5.98. The Morgan fingerprint density at radius 1 is 1.36 bits per heavy atom. The van der Waals surface area contributed by atoms with Crippen LogP contribution in [0.4, 0.5) is 13.6 Å². The molecule has 7 heteroatoms. The highest BCUT2D eigenvalue weighted by molar-refractivity contribution is 5.74. The highest BCUT2D eigenvalue weighted by Crippen LogP contribution is 2.18. The van der Waals surface area contributed by atoms with Crippen LogP contribution in [0.25, 0.3) is 0 Å². The van der Waals surface area contributed by atoms with Crippen LogP contribution in [0.15, 0.2) is 42.7 Å². The van der Waals surface area contributed by atoms with Crippen molar-refractivity contribution in [2.75, 3.05) is 20.3 Å². The molecule has 0 aliphatic heterocycles. The van der Waals surface area contributed by atoms with E-state index >= 15 is 0 Å². The van der Waals surface area contributed by atoms with Crippen LogP contribution in [0.5, 0.6) is 0 Å². The molecule has 0 saturated heterocycles. The molecule has 2 aromatic rings. The number of halogens is 2. The van der Waals surface area contributed by atoms with Crippen molar-refractivity contribution in [2.24, 2.45) is 0 Å². The summed E-state index contributed by atoms with van der Waals surface area (Å²) < 4.78 is 31.9. The van der Waals surface area contributed by atoms with Crippen LogP contribution in [0.3, 0.4) is 0 Å². The van der Waals surface area contributed by atoms with Gasteiger partial charge in [0.05, 0.1) is 12.6 Å². The van der Waals surface area contributed by atoms with E-state index in [0.29, 0.717) is 19.7 Å². The zero-order valence-corrected chi connectivity index (χ0v) is 14.2. The largest absolute Gasteiger partial charge is 0.383 e. The van der Waals surface area contributed by atoms with Crippen LogP contribution in [-0.2, 0) is 11.3 Å². The number of hydrogen-bond donors (Lipinski definition) is 1. The third kappa shape index (κ3) is 5.49. The monoisotopic (exact) mass is 349 g/mol. The molecule has 2 rings (SSSR count). The van der Waals surface area contributed by atoms with Crippen molar-refractivity contribution in [3.63, 3.8) is 0 Å². The number of carbonyl (C=O) groups is 1. The third-order valence-electron chi connectivity index (χ3n) is 3.72. The van der Waals surface area contributed by atoms with E-state index in [2.05, 4.69) is 10.3 Å². The van der Waals surface area contributed by atoms with Gasteiger partial charge in [-0.3, -0.25) is 4.98 Å². The molecule has 0 aliphatic rings. The third-order valence-corrected chi connectivity index (χ3v) is 3.72. The maximum absolute atomic E-state index is 13.9. The van der Waals surface area contributed by atoms with Gasteiger partial charge in [-0.15, -0.1) is 0 Å². The molecule has 0 spiro atoms. The van der Waals surface area contributed by atoms with Crippen molar-refractivity contribution >= 4 is 6.03 Å². The van der Waals surface area contributed by atoms with E-state index in [4.69, 9.17) is 4.74 Å². The van der Waals surface area contributed by atoms with E-state index in [1.54, 1.807) is 37.4 Å². The SMILES string of the molecule is COCCN(Cc1cccnc1)C(=O)NC(C)c1ccc(F)cc1F. The maximum atomic E-state index is 13.9. The highest BCUT2D eigenvalue weighted by atomic mass is 19.1. The number of nitrogens with one attached hydrogen (secondary N) is 1. The Bertz CT molecular complexity index is 698. The van der Waals surface area contributed by atoms with E-state index in [0.717, 1.165) is 11.6 Å². The Labute approximate surface area is 145 Å². The number of pyridine rings is 1. The Morgan fingerprint density at radius 2 is 2.16 bits per heavy atom. The molecule has 5 nitrogen and oxygen atoms in total. The molecule has 0 saturated carbocycles. The molecule has 1 N–H and O–H groups in total. The minimum Gasteiger partial charge on any atom is -0.383 e. The zero-order valence-electron chi connectivity index (χ0n) is 14.2. The van der Waals surface area contributed by atoms with Crippen molar-refractivity contribution < 1.29 is 18.3 Å². The number of amides is 2. The van der Waals surface area contributed by atoms with E-state index < -0.39 is 17.7 Å². The average molecular weight is 349 g/mol. The second kappa shape index (κ2) is 9.08. The molecule has 1 aromatic heterocycles. The normalized spacial score (nSPS) is 11.8. The fraction of sp³-hybridized carbons (Fsp3) is 0.333. The van der Waals surface area contributed by atoms with E-state index in [-0.39, 0.29) is 11.6 Å². The molecular weight excluding hydrogens is 328 g/mol. The second-order valence-electron chi connectivity index (χ2n) is 5.61. The first-order valence-corrected chi connectivity index (χ1v) is 7.89. The minimum atomic E-state index is -0.691. The summed E-state index contributed by atoms with van der Waals surface area (Å²) in [5.41, 5.74) is 1.09. The van der Waals surface area contributed by atoms with Crippen LogP contribution in [-0.4, -0.2) is 36.2 Å². The molecule has 134 valence electrons. The van der Waals surface area contributed by atoms with Gasteiger partial charge in [-0.25, -0.2) is 13.6 Å². The summed E-state index contributed by atoms with van der Waals surface area (Å²) in [6.07, 6.45) is 3.33. The van der Waals surface area contributed by atoms with E-state index in [1.165, 1.54) is 12.1 Å². The molecule has 2 amide bonds.